The summed E-state index contributed by atoms with van der Waals surface area (Å²) >= 11 is 0. The van der Waals surface area contributed by atoms with Crippen LogP contribution < -0.4 is 21.5 Å². The van der Waals surface area contributed by atoms with E-state index >= 15 is 0 Å². The Hall–Kier alpha value is -4.22. The number of rotatable bonds is 11. The van der Waals surface area contributed by atoms with Crippen LogP contribution in [0.15, 0.2) is 47.5 Å². The topological polar surface area (TPSA) is 153 Å². The van der Waals surface area contributed by atoms with Gasteiger partial charge in [-0.3, -0.25) is 23.9 Å². The maximum Gasteiger partial charge on any atom is 0.330 e. The number of allylic oxidation sites excluding steroid dienone is 1. The molecule has 0 aliphatic heterocycles. The number of methoxy groups -OCH3 is 1. The molecule has 2 fully saturated rings. The highest BCUT2D eigenvalue weighted by Crippen LogP contribution is 2.44. The van der Waals surface area contributed by atoms with Crippen LogP contribution in [0.3, 0.4) is 0 Å². The van der Waals surface area contributed by atoms with Crippen molar-refractivity contribution in [3.63, 3.8) is 0 Å². The first-order valence-corrected chi connectivity index (χ1v) is 13.1. The van der Waals surface area contributed by atoms with Gasteiger partial charge in [-0.2, -0.15) is 5.10 Å². The number of aryl methyl sites for hydroxylation is 1. The number of hydrogen-bond donors (Lipinski definition) is 3. The third-order valence-electron chi connectivity index (χ3n) is 7.43. The molecule has 2 saturated carbocycles. The lowest BCUT2D eigenvalue weighted by Crippen LogP contribution is -2.45. The monoisotopic (exact) mass is 538 g/mol. The smallest absolute Gasteiger partial charge is 0.330 e. The number of ether oxygens (including phenoxy) is 1. The summed E-state index contributed by atoms with van der Waals surface area (Å²) in [6.45, 7) is -0.157. The summed E-state index contributed by atoms with van der Waals surface area (Å²) in [4.78, 5) is 63.0. The Morgan fingerprint density at radius 2 is 2.03 bits per heavy atom. The molecule has 2 aliphatic carbocycles. The van der Waals surface area contributed by atoms with Crippen LogP contribution in [-0.4, -0.2) is 57.2 Å². The molecule has 2 aromatic rings. The fraction of sp³-hybridized carbons (Fsp3) is 0.481. The van der Waals surface area contributed by atoms with Crippen molar-refractivity contribution in [1.82, 2.24) is 25.0 Å². The van der Waals surface area contributed by atoms with E-state index in [-0.39, 0.29) is 42.7 Å². The lowest BCUT2D eigenvalue weighted by atomic mass is 9.95. The standard InChI is InChI=1S/C27H34N6O6/c1-32-22(11-12-28-32)26(37)30-19(6-3-4-8-24(35)39-2)25(36)31-20-7-5-13-33(27(20)38)16-23(34)29-21-15-17-9-10-18(21)14-17/h4-5,7-8,11-13,17-19,21H,3,6,9-10,14-16H2,1-2H3,(H,29,34)(H,30,37)(H,31,36)/b8-4+/t17-,18+,19-,21+/m0/s1. The van der Waals surface area contributed by atoms with Crippen molar-refractivity contribution in [1.29, 1.82) is 0 Å². The van der Waals surface area contributed by atoms with Crippen LogP contribution in [0.4, 0.5) is 5.69 Å². The highest BCUT2D eigenvalue weighted by Gasteiger charge is 2.40. The number of anilines is 1. The molecule has 208 valence electrons. The number of carbonyl (C=O) groups excluding carboxylic acids is 4. The van der Waals surface area contributed by atoms with E-state index in [0.717, 1.165) is 19.3 Å². The number of esters is 1. The average molecular weight is 539 g/mol. The zero-order chi connectivity index (χ0) is 27.9. The van der Waals surface area contributed by atoms with Crippen LogP contribution in [0.25, 0.3) is 0 Å². The Balaban J connectivity index is 1.41. The molecule has 3 amide bonds. The van der Waals surface area contributed by atoms with Gasteiger partial charge in [0, 0.05) is 31.6 Å². The molecular weight excluding hydrogens is 504 g/mol. The summed E-state index contributed by atoms with van der Waals surface area (Å²) < 4.78 is 7.19. The van der Waals surface area contributed by atoms with Crippen molar-refractivity contribution in [2.75, 3.05) is 12.4 Å². The Kier molecular flexibility index (Phi) is 8.95. The predicted molar refractivity (Wildman–Crippen MR) is 142 cm³/mol. The van der Waals surface area contributed by atoms with Crippen LogP contribution in [-0.2, 0) is 32.7 Å². The molecule has 2 aromatic heterocycles. The van der Waals surface area contributed by atoms with Crippen molar-refractivity contribution in [3.8, 4) is 0 Å². The third-order valence-corrected chi connectivity index (χ3v) is 7.43. The van der Waals surface area contributed by atoms with E-state index in [2.05, 4.69) is 25.8 Å². The highest BCUT2D eigenvalue weighted by molar-refractivity contribution is 6.00. The van der Waals surface area contributed by atoms with Crippen molar-refractivity contribution >= 4 is 29.4 Å². The van der Waals surface area contributed by atoms with E-state index in [1.54, 1.807) is 13.1 Å². The lowest BCUT2D eigenvalue weighted by molar-refractivity contribution is -0.134. The van der Waals surface area contributed by atoms with E-state index < -0.39 is 29.4 Å². The average Bonchev–Trinajstić information content (AvgIpc) is 3.65. The van der Waals surface area contributed by atoms with Gasteiger partial charge in [-0.1, -0.05) is 12.5 Å². The molecule has 0 unspecified atom stereocenters. The van der Waals surface area contributed by atoms with Gasteiger partial charge in [-0.05, 0) is 62.1 Å². The summed E-state index contributed by atoms with van der Waals surface area (Å²) in [7, 11) is 2.86. The van der Waals surface area contributed by atoms with Crippen molar-refractivity contribution in [2.45, 2.75) is 57.2 Å². The fourth-order valence-electron chi connectivity index (χ4n) is 5.41. The van der Waals surface area contributed by atoms with Gasteiger partial charge in [0.15, 0.2) is 0 Å². The quantitative estimate of drug-likeness (QED) is 0.286. The molecule has 0 saturated heterocycles. The summed E-state index contributed by atoms with van der Waals surface area (Å²) in [5, 5.41) is 12.3. The molecule has 12 nitrogen and oxygen atoms in total. The van der Waals surface area contributed by atoms with Crippen molar-refractivity contribution < 1.29 is 23.9 Å². The number of nitrogens with zero attached hydrogens (tertiary/aromatic N) is 3. The zero-order valence-corrected chi connectivity index (χ0v) is 22.1. The summed E-state index contributed by atoms with van der Waals surface area (Å²) in [6.07, 6.45) is 10.7. The van der Waals surface area contributed by atoms with Gasteiger partial charge in [0.25, 0.3) is 11.5 Å². The van der Waals surface area contributed by atoms with Gasteiger partial charge in [0.2, 0.25) is 11.8 Å². The Morgan fingerprint density at radius 3 is 2.69 bits per heavy atom. The molecule has 3 N–H and O–H groups in total. The van der Waals surface area contributed by atoms with E-state index in [9.17, 15) is 24.0 Å². The van der Waals surface area contributed by atoms with Crippen molar-refractivity contribution in [2.24, 2.45) is 18.9 Å². The van der Waals surface area contributed by atoms with E-state index in [0.29, 0.717) is 11.8 Å². The molecule has 0 radical (unpaired) electrons. The van der Waals surface area contributed by atoms with Crippen LogP contribution in [0.1, 0.15) is 49.0 Å². The first kappa shape index (κ1) is 27.8. The normalized spacial score (nSPS) is 20.5. The molecule has 4 rings (SSSR count). The maximum atomic E-state index is 13.2. The third kappa shape index (κ3) is 7.01. The summed E-state index contributed by atoms with van der Waals surface area (Å²) in [5.41, 5.74) is -0.294. The van der Waals surface area contributed by atoms with Crippen LogP contribution >= 0.6 is 0 Å². The molecule has 4 atom stereocenters. The maximum absolute atomic E-state index is 13.2. The van der Waals surface area contributed by atoms with Gasteiger partial charge in [-0.15, -0.1) is 0 Å². The molecule has 2 heterocycles. The number of carbonyl (C=O) groups is 4. The van der Waals surface area contributed by atoms with Gasteiger partial charge in [0.05, 0.1) is 7.11 Å². The summed E-state index contributed by atoms with van der Waals surface area (Å²) in [5.74, 6) is -0.708. The molecular formula is C27H34N6O6. The minimum atomic E-state index is -1.02. The highest BCUT2D eigenvalue weighted by atomic mass is 16.5. The summed E-state index contributed by atoms with van der Waals surface area (Å²) in [6, 6.07) is 3.67. The van der Waals surface area contributed by atoms with Gasteiger partial charge >= 0.3 is 5.97 Å². The second-order valence-electron chi connectivity index (χ2n) is 10.1. The van der Waals surface area contributed by atoms with E-state index in [1.807, 2.05) is 0 Å². The first-order valence-electron chi connectivity index (χ1n) is 13.1. The van der Waals surface area contributed by atoms with E-state index in [4.69, 9.17) is 0 Å². The number of hydrogen-bond acceptors (Lipinski definition) is 7. The van der Waals surface area contributed by atoms with Crippen LogP contribution in [0.2, 0.25) is 0 Å². The number of amides is 3. The van der Waals surface area contributed by atoms with E-state index in [1.165, 1.54) is 59.5 Å². The number of nitrogens with one attached hydrogen (secondary N) is 3. The Morgan fingerprint density at radius 1 is 1.21 bits per heavy atom. The van der Waals surface area contributed by atoms with Crippen LogP contribution in [0, 0.1) is 11.8 Å². The minimum absolute atomic E-state index is 0.0138. The molecule has 0 aromatic carbocycles. The molecule has 39 heavy (non-hydrogen) atoms. The molecule has 12 heteroatoms. The number of aromatic nitrogens is 3. The SMILES string of the molecule is COC(=O)/C=C/CC[C@H](NC(=O)c1ccnn1C)C(=O)Nc1cccn(CC(=O)N[C@@H]2C[C@H]3CC[C@@H]2C3)c1=O. The number of fused-ring (bicyclic) bond motifs is 2. The molecule has 2 aliphatic rings. The molecule has 2 bridgehead atoms. The second kappa shape index (κ2) is 12.5. The van der Waals surface area contributed by atoms with Crippen molar-refractivity contribution in [3.05, 3.63) is 58.8 Å². The Labute approximate surface area is 225 Å². The predicted octanol–water partition coefficient (Wildman–Crippen LogP) is 1.13. The first-order chi connectivity index (χ1) is 18.7. The Bertz CT molecular complexity index is 1310. The van der Waals surface area contributed by atoms with Gasteiger partial charge in [-0.25, -0.2) is 4.79 Å². The molecule has 0 spiro atoms. The second-order valence-corrected chi connectivity index (χ2v) is 10.1. The minimum Gasteiger partial charge on any atom is -0.466 e. The largest absolute Gasteiger partial charge is 0.466 e. The van der Waals surface area contributed by atoms with Crippen LogP contribution in [0.5, 0.6) is 0 Å². The van der Waals surface area contributed by atoms with Gasteiger partial charge < -0.3 is 25.3 Å². The fourth-order valence-corrected chi connectivity index (χ4v) is 5.41. The van der Waals surface area contributed by atoms with Gasteiger partial charge in [0.1, 0.15) is 24.0 Å². The number of pyridine rings is 1. The lowest BCUT2D eigenvalue weighted by Gasteiger charge is -2.23. The zero-order valence-electron chi connectivity index (χ0n) is 22.1.